The van der Waals surface area contributed by atoms with Gasteiger partial charge in [-0.3, -0.25) is 9.78 Å². The fourth-order valence-electron chi connectivity index (χ4n) is 2.85. The highest BCUT2D eigenvalue weighted by Crippen LogP contribution is 2.35. The summed E-state index contributed by atoms with van der Waals surface area (Å²) in [6, 6.07) is 2.41. The van der Waals surface area contributed by atoms with Gasteiger partial charge in [-0.2, -0.15) is 0 Å². The fraction of sp³-hybridized carbons (Fsp3) is 0.500. The molecule has 2 heterocycles. The number of carboxylic acids is 1. The maximum atomic E-state index is 10.8. The molecule has 0 unspecified atom stereocenters. The van der Waals surface area contributed by atoms with E-state index in [9.17, 15) is 4.79 Å². The molecule has 0 bridgehead atoms. The Labute approximate surface area is 121 Å². The Bertz CT molecular complexity index is 620. The minimum Gasteiger partial charge on any atom is -0.481 e. The van der Waals surface area contributed by atoms with E-state index in [1.807, 2.05) is 6.07 Å². The third kappa shape index (κ3) is 2.65. The van der Waals surface area contributed by atoms with E-state index in [0.29, 0.717) is 6.04 Å². The average molecular weight is 291 g/mol. The van der Waals surface area contributed by atoms with Crippen LogP contribution >= 0.6 is 11.8 Å². The van der Waals surface area contributed by atoms with Gasteiger partial charge >= 0.3 is 5.97 Å². The third-order valence-electron chi connectivity index (χ3n) is 3.72. The molecule has 106 valence electrons. The summed E-state index contributed by atoms with van der Waals surface area (Å²) in [5.74, 6) is -0.765. The van der Waals surface area contributed by atoms with Crippen molar-refractivity contribution in [2.45, 2.75) is 43.3 Å². The number of pyridine rings is 1. The summed E-state index contributed by atoms with van der Waals surface area (Å²) >= 11 is 1.30. The van der Waals surface area contributed by atoms with E-state index in [4.69, 9.17) is 5.11 Å². The Morgan fingerprint density at radius 2 is 2.20 bits per heavy atom. The van der Waals surface area contributed by atoms with Crippen LogP contribution in [0, 0.1) is 0 Å². The van der Waals surface area contributed by atoms with Crippen LogP contribution < -0.4 is 0 Å². The van der Waals surface area contributed by atoms with Crippen molar-refractivity contribution in [3.63, 3.8) is 0 Å². The van der Waals surface area contributed by atoms with Crippen molar-refractivity contribution < 1.29 is 9.90 Å². The van der Waals surface area contributed by atoms with Gasteiger partial charge in [-0.05, 0) is 18.9 Å². The molecule has 1 saturated carbocycles. The summed E-state index contributed by atoms with van der Waals surface area (Å²) in [7, 11) is 0. The van der Waals surface area contributed by atoms with Gasteiger partial charge in [0, 0.05) is 12.2 Å². The van der Waals surface area contributed by atoms with Crippen LogP contribution in [0.2, 0.25) is 0 Å². The lowest BCUT2D eigenvalue weighted by Crippen LogP contribution is -2.14. The summed E-state index contributed by atoms with van der Waals surface area (Å²) in [4.78, 5) is 19.5. The van der Waals surface area contributed by atoms with Crippen LogP contribution in [0.3, 0.4) is 0 Å². The lowest BCUT2D eigenvalue weighted by atomic mass is 9.95. The summed E-state index contributed by atoms with van der Waals surface area (Å²) in [5.41, 5.74) is 1.92. The number of carboxylic acid groups (broad SMARTS) is 1. The lowest BCUT2D eigenvalue weighted by Gasteiger charge is -2.25. The standard InChI is InChI=1S/C14H17N3O2S/c18-13(19)9-20-14-16-11-8-15-7-6-12(11)17(14)10-4-2-1-3-5-10/h6-8,10H,1-5,9H2,(H,18,19). The number of aliphatic carboxylic acids is 1. The number of aromatic nitrogens is 3. The Kier molecular flexibility index (Phi) is 3.91. The van der Waals surface area contributed by atoms with Gasteiger partial charge in [0.25, 0.3) is 0 Å². The van der Waals surface area contributed by atoms with Crippen LogP contribution in [0.4, 0.5) is 0 Å². The molecule has 0 atom stereocenters. The predicted octanol–water partition coefficient (Wildman–Crippen LogP) is 3.11. The minimum absolute atomic E-state index is 0.0451. The van der Waals surface area contributed by atoms with Gasteiger partial charge in [-0.15, -0.1) is 0 Å². The van der Waals surface area contributed by atoms with Crippen LogP contribution in [-0.2, 0) is 4.79 Å². The molecule has 6 heteroatoms. The highest BCUT2D eigenvalue weighted by Gasteiger charge is 2.22. The van der Waals surface area contributed by atoms with Crippen LogP contribution in [0.5, 0.6) is 0 Å². The van der Waals surface area contributed by atoms with Crippen molar-refractivity contribution in [2.24, 2.45) is 0 Å². The zero-order valence-corrected chi connectivity index (χ0v) is 12.0. The molecule has 0 amide bonds. The predicted molar refractivity (Wildman–Crippen MR) is 78.0 cm³/mol. The number of thioether (sulfide) groups is 1. The quantitative estimate of drug-likeness (QED) is 0.877. The number of imidazole rings is 1. The first-order valence-electron chi connectivity index (χ1n) is 6.92. The van der Waals surface area contributed by atoms with E-state index in [-0.39, 0.29) is 5.75 Å². The summed E-state index contributed by atoms with van der Waals surface area (Å²) < 4.78 is 2.23. The second kappa shape index (κ2) is 5.83. The number of rotatable bonds is 4. The second-order valence-corrected chi connectivity index (χ2v) is 6.05. The maximum absolute atomic E-state index is 10.8. The van der Waals surface area contributed by atoms with Crippen LogP contribution in [0.25, 0.3) is 11.0 Å². The molecule has 0 radical (unpaired) electrons. The molecule has 0 aliphatic heterocycles. The van der Waals surface area contributed by atoms with Crippen molar-refractivity contribution in [1.29, 1.82) is 0 Å². The van der Waals surface area contributed by atoms with Crippen LogP contribution in [0.1, 0.15) is 38.1 Å². The van der Waals surface area contributed by atoms with Gasteiger partial charge in [0.2, 0.25) is 0 Å². The smallest absolute Gasteiger partial charge is 0.313 e. The number of hydrogen-bond donors (Lipinski definition) is 1. The molecular formula is C14H17N3O2S. The largest absolute Gasteiger partial charge is 0.481 e. The van der Waals surface area contributed by atoms with Gasteiger partial charge in [0.05, 0.1) is 17.5 Å². The second-order valence-electron chi connectivity index (χ2n) is 5.10. The monoisotopic (exact) mass is 291 g/mol. The normalized spacial score (nSPS) is 16.6. The summed E-state index contributed by atoms with van der Waals surface area (Å²) in [6.07, 6.45) is 9.58. The molecule has 3 rings (SSSR count). The van der Waals surface area contributed by atoms with E-state index in [2.05, 4.69) is 14.5 Å². The molecule has 0 aromatic carbocycles. The zero-order valence-electron chi connectivity index (χ0n) is 11.2. The average Bonchev–Trinajstić information content (AvgIpc) is 2.84. The van der Waals surface area contributed by atoms with Crippen LogP contribution in [0.15, 0.2) is 23.6 Å². The molecule has 1 aliphatic carbocycles. The first-order valence-corrected chi connectivity index (χ1v) is 7.91. The summed E-state index contributed by atoms with van der Waals surface area (Å²) in [6.45, 7) is 0. The van der Waals surface area contributed by atoms with Gasteiger partial charge in [0.15, 0.2) is 5.16 Å². The molecule has 2 aromatic heterocycles. The number of hydrogen-bond acceptors (Lipinski definition) is 4. The van der Waals surface area contributed by atoms with Crippen molar-refractivity contribution in [3.05, 3.63) is 18.5 Å². The Morgan fingerprint density at radius 3 is 2.95 bits per heavy atom. The van der Waals surface area contributed by atoms with Crippen molar-refractivity contribution in [2.75, 3.05) is 5.75 Å². The Balaban J connectivity index is 2.00. The molecule has 5 nitrogen and oxygen atoms in total. The molecule has 20 heavy (non-hydrogen) atoms. The maximum Gasteiger partial charge on any atom is 0.313 e. The molecule has 0 spiro atoms. The molecule has 2 aromatic rings. The highest BCUT2D eigenvalue weighted by atomic mass is 32.2. The first-order chi connectivity index (χ1) is 9.75. The molecule has 1 aliphatic rings. The molecule has 0 saturated heterocycles. The highest BCUT2D eigenvalue weighted by molar-refractivity contribution is 7.99. The first kappa shape index (κ1) is 13.4. The minimum atomic E-state index is -0.810. The van der Waals surface area contributed by atoms with Gasteiger partial charge in [0.1, 0.15) is 5.52 Å². The van der Waals surface area contributed by atoms with Gasteiger partial charge in [-0.25, -0.2) is 4.98 Å². The number of carbonyl (C=O) groups is 1. The topological polar surface area (TPSA) is 68.0 Å². The Hall–Kier alpha value is -1.56. The lowest BCUT2D eigenvalue weighted by molar-refractivity contribution is -0.133. The van der Waals surface area contributed by atoms with E-state index in [1.54, 1.807) is 12.4 Å². The van der Waals surface area contributed by atoms with Crippen molar-refractivity contribution >= 4 is 28.8 Å². The zero-order chi connectivity index (χ0) is 13.9. The van der Waals surface area contributed by atoms with Crippen molar-refractivity contribution in [3.8, 4) is 0 Å². The molecular weight excluding hydrogens is 274 g/mol. The van der Waals surface area contributed by atoms with E-state index >= 15 is 0 Å². The van der Waals surface area contributed by atoms with Crippen molar-refractivity contribution in [1.82, 2.24) is 14.5 Å². The SMILES string of the molecule is O=C(O)CSc1nc2cnccc2n1C1CCCCC1. The van der Waals surface area contributed by atoms with E-state index in [1.165, 1.54) is 31.0 Å². The van der Waals surface area contributed by atoms with Gasteiger partial charge in [-0.1, -0.05) is 31.0 Å². The summed E-state index contributed by atoms with van der Waals surface area (Å²) in [5, 5.41) is 9.69. The molecule has 1 fully saturated rings. The van der Waals surface area contributed by atoms with Crippen LogP contribution in [-0.4, -0.2) is 31.4 Å². The third-order valence-corrected chi connectivity index (χ3v) is 4.66. The fourth-order valence-corrected chi connectivity index (χ4v) is 3.65. The van der Waals surface area contributed by atoms with Gasteiger partial charge < -0.3 is 9.67 Å². The molecule has 1 N–H and O–H groups in total. The number of nitrogens with zero attached hydrogens (tertiary/aromatic N) is 3. The Morgan fingerprint density at radius 1 is 1.40 bits per heavy atom. The van der Waals surface area contributed by atoms with E-state index < -0.39 is 5.97 Å². The number of fused-ring (bicyclic) bond motifs is 1. The van der Waals surface area contributed by atoms with E-state index in [0.717, 1.165) is 29.0 Å².